The normalized spacial score (nSPS) is 10.7. The molecule has 0 bridgehead atoms. The topological polar surface area (TPSA) is 66.8 Å². The number of aromatic nitrogens is 4. The van der Waals surface area contributed by atoms with Crippen LogP contribution >= 0.6 is 11.6 Å². The molecule has 0 saturated carbocycles. The lowest BCUT2D eigenvalue weighted by Crippen LogP contribution is -2.28. The summed E-state index contributed by atoms with van der Waals surface area (Å²) in [6, 6.07) is 11.9. The first-order chi connectivity index (χ1) is 11.1. The summed E-state index contributed by atoms with van der Waals surface area (Å²) in [6.07, 6.45) is 3.31. The van der Waals surface area contributed by atoms with Crippen LogP contribution in [0.1, 0.15) is 11.3 Å². The molecule has 6 nitrogen and oxygen atoms in total. The van der Waals surface area contributed by atoms with Crippen LogP contribution in [0.15, 0.2) is 53.6 Å². The van der Waals surface area contributed by atoms with Crippen LogP contribution in [0.5, 0.6) is 0 Å². The van der Waals surface area contributed by atoms with Crippen molar-refractivity contribution in [3.8, 4) is 0 Å². The van der Waals surface area contributed by atoms with Gasteiger partial charge in [0.1, 0.15) is 5.02 Å². The number of hydrogen-bond donors (Lipinski definition) is 1. The average Bonchev–Trinajstić information content (AvgIpc) is 3.06. The maximum atomic E-state index is 12.1. The fourth-order valence-corrected chi connectivity index (χ4v) is 2.62. The van der Waals surface area contributed by atoms with Gasteiger partial charge in [-0.25, -0.2) is 4.68 Å². The van der Waals surface area contributed by atoms with Gasteiger partial charge in [-0.05, 0) is 11.6 Å². The van der Waals surface area contributed by atoms with Crippen molar-refractivity contribution in [1.29, 1.82) is 0 Å². The predicted octanol–water partition coefficient (Wildman–Crippen LogP) is 2.36. The molecule has 3 aromatic rings. The molecule has 2 heterocycles. The Labute approximate surface area is 138 Å². The van der Waals surface area contributed by atoms with Gasteiger partial charge in [0.2, 0.25) is 0 Å². The molecule has 2 aromatic heterocycles. The third-order valence-electron chi connectivity index (χ3n) is 3.54. The molecule has 118 valence electrons. The number of aromatic amines is 1. The molecule has 0 atom stereocenters. The highest BCUT2D eigenvalue weighted by Gasteiger charge is 2.16. The number of nitrogens with zero attached hydrogens (tertiary/aromatic N) is 4. The Morgan fingerprint density at radius 1 is 1.22 bits per heavy atom. The average molecular weight is 330 g/mol. The Morgan fingerprint density at radius 3 is 2.70 bits per heavy atom. The van der Waals surface area contributed by atoms with E-state index in [0.29, 0.717) is 18.8 Å². The summed E-state index contributed by atoms with van der Waals surface area (Å²) in [4.78, 5) is 14.1. The summed E-state index contributed by atoms with van der Waals surface area (Å²) in [6.45, 7) is 1.15. The quantitative estimate of drug-likeness (QED) is 0.780. The maximum absolute atomic E-state index is 12.1. The Kier molecular flexibility index (Phi) is 4.43. The molecule has 0 amide bonds. The second-order valence-electron chi connectivity index (χ2n) is 5.20. The molecule has 0 aliphatic carbocycles. The fourth-order valence-electron chi connectivity index (χ4n) is 2.33. The van der Waals surface area contributed by atoms with E-state index in [9.17, 15) is 4.79 Å². The number of rotatable bonds is 5. The SMILES string of the molecule is Cn1ncc(N(Cc2ccccc2)Cc2ccn[nH]2)c(Cl)c1=O. The number of aryl methyl sites for hydroxylation is 1. The van der Waals surface area contributed by atoms with Gasteiger partial charge in [0.05, 0.1) is 24.1 Å². The summed E-state index contributed by atoms with van der Waals surface area (Å²) < 4.78 is 1.22. The lowest BCUT2D eigenvalue weighted by molar-refractivity contribution is 0.694. The van der Waals surface area contributed by atoms with Gasteiger partial charge in [-0.2, -0.15) is 10.2 Å². The Hall–Kier alpha value is -2.60. The Balaban J connectivity index is 1.97. The highest BCUT2D eigenvalue weighted by Crippen LogP contribution is 2.24. The monoisotopic (exact) mass is 329 g/mol. The van der Waals surface area contributed by atoms with E-state index in [1.807, 2.05) is 41.3 Å². The molecular formula is C16H16ClN5O. The van der Waals surface area contributed by atoms with Crippen molar-refractivity contribution in [3.63, 3.8) is 0 Å². The molecule has 0 radical (unpaired) electrons. The van der Waals surface area contributed by atoms with E-state index in [1.165, 1.54) is 4.68 Å². The van der Waals surface area contributed by atoms with Gasteiger partial charge < -0.3 is 4.90 Å². The minimum Gasteiger partial charge on any atom is -0.359 e. The maximum Gasteiger partial charge on any atom is 0.287 e. The fraction of sp³-hybridized carbons (Fsp3) is 0.188. The molecule has 0 aliphatic rings. The largest absolute Gasteiger partial charge is 0.359 e. The number of nitrogens with one attached hydrogen (secondary N) is 1. The molecule has 7 heteroatoms. The summed E-state index contributed by atoms with van der Waals surface area (Å²) in [5.74, 6) is 0. The molecule has 23 heavy (non-hydrogen) atoms. The molecular weight excluding hydrogens is 314 g/mol. The minimum absolute atomic E-state index is 0.165. The number of H-pyrrole nitrogens is 1. The van der Waals surface area contributed by atoms with Crippen molar-refractivity contribution in [2.75, 3.05) is 4.90 Å². The lowest BCUT2D eigenvalue weighted by Gasteiger charge is -2.25. The standard InChI is InChI=1S/C16H16ClN5O/c1-21-16(23)15(17)14(9-19-21)22(11-13-7-8-18-20-13)10-12-5-3-2-4-6-12/h2-9H,10-11H2,1H3,(H,18,20). The second-order valence-corrected chi connectivity index (χ2v) is 5.57. The third-order valence-corrected chi connectivity index (χ3v) is 3.89. The molecule has 0 aliphatic heterocycles. The van der Waals surface area contributed by atoms with Gasteiger partial charge in [-0.15, -0.1) is 0 Å². The molecule has 0 fully saturated rings. The smallest absolute Gasteiger partial charge is 0.287 e. The van der Waals surface area contributed by atoms with Gasteiger partial charge >= 0.3 is 0 Å². The number of hydrogen-bond acceptors (Lipinski definition) is 4. The van der Waals surface area contributed by atoms with Crippen LogP contribution in [0.25, 0.3) is 0 Å². The van der Waals surface area contributed by atoms with Gasteiger partial charge in [-0.1, -0.05) is 41.9 Å². The van der Waals surface area contributed by atoms with Crippen LogP contribution in [-0.4, -0.2) is 20.0 Å². The van der Waals surface area contributed by atoms with Crippen LogP contribution in [0, 0.1) is 0 Å². The molecule has 0 spiro atoms. The van der Waals surface area contributed by atoms with Crippen molar-refractivity contribution in [1.82, 2.24) is 20.0 Å². The van der Waals surface area contributed by atoms with E-state index in [1.54, 1.807) is 19.4 Å². The number of halogens is 1. The van der Waals surface area contributed by atoms with E-state index in [0.717, 1.165) is 11.3 Å². The third kappa shape index (κ3) is 3.43. The van der Waals surface area contributed by atoms with Gasteiger partial charge in [-0.3, -0.25) is 9.89 Å². The summed E-state index contributed by atoms with van der Waals surface area (Å²) in [5.41, 5.74) is 2.33. The molecule has 3 rings (SSSR count). The molecule has 0 saturated heterocycles. The number of anilines is 1. The van der Waals surface area contributed by atoms with E-state index >= 15 is 0 Å². The first-order valence-electron chi connectivity index (χ1n) is 7.14. The Bertz CT molecular complexity index is 829. The van der Waals surface area contributed by atoms with Gasteiger partial charge in [0.25, 0.3) is 5.56 Å². The van der Waals surface area contributed by atoms with Crippen molar-refractivity contribution >= 4 is 17.3 Å². The van der Waals surface area contributed by atoms with Crippen molar-refractivity contribution < 1.29 is 0 Å². The summed E-state index contributed by atoms with van der Waals surface area (Å²) in [5, 5.41) is 11.1. The molecule has 1 aromatic carbocycles. The summed E-state index contributed by atoms with van der Waals surface area (Å²) in [7, 11) is 1.58. The van der Waals surface area contributed by atoms with E-state index < -0.39 is 0 Å². The number of benzene rings is 1. The summed E-state index contributed by atoms with van der Waals surface area (Å²) >= 11 is 6.26. The van der Waals surface area contributed by atoms with Crippen LogP contribution in [-0.2, 0) is 20.1 Å². The zero-order valence-corrected chi connectivity index (χ0v) is 13.4. The van der Waals surface area contributed by atoms with Gasteiger partial charge in [0.15, 0.2) is 0 Å². The van der Waals surface area contributed by atoms with Crippen LogP contribution in [0.4, 0.5) is 5.69 Å². The van der Waals surface area contributed by atoms with Crippen LogP contribution in [0.2, 0.25) is 5.02 Å². The van der Waals surface area contributed by atoms with Crippen LogP contribution in [0.3, 0.4) is 0 Å². The van der Waals surface area contributed by atoms with Crippen molar-refractivity contribution in [2.24, 2.45) is 7.05 Å². The Morgan fingerprint density at radius 2 is 2.00 bits per heavy atom. The van der Waals surface area contributed by atoms with E-state index in [-0.39, 0.29) is 10.6 Å². The first kappa shape index (κ1) is 15.3. The minimum atomic E-state index is -0.313. The van der Waals surface area contributed by atoms with Gasteiger partial charge in [0, 0.05) is 19.8 Å². The highest BCUT2D eigenvalue weighted by molar-refractivity contribution is 6.33. The zero-order valence-electron chi connectivity index (χ0n) is 12.6. The highest BCUT2D eigenvalue weighted by atomic mass is 35.5. The van der Waals surface area contributed by atoms with Crippen molar-refractivity contribution in [2.45, 2.75) is 13.1 Å². The molecule has 0 unspecified atom stereocenters. The van der Waals surface area contributed by atoms with Crippen LogP contribution < -0.4 is 10.5 Å². The van der Waals surface area contributed by atoms with E-state index in [2.05, 4.69) is 15.3 Å². The first-order valence-corrected chi connectivity index (χ1v) is 7.52. The van der Waals surface area contributed by atoms with Crippen molar-refractivity contribution in [3.05, 3.63) is 75.4 Å². The second kappa shape index (κ2) is 6.66. The lowest BCUT2D eigenvalue weighted by atomic mass is 10.2. The van der Waals surface area contributed by atoms with E-state index in [4.69, 9.17) is 11.6 Å². The molecule has 1 N–H and O–H groups in total. The zero-order chi connectivity index (χ0) is 16.2. The predicted molar refractivity (Wildman–Crippen MR) is 89.4 cm³/mol.